The van der Waals surface area contributed by atoms with Crippen LogP contribution in [0.2, 0.25) is 5.02 Å². The Bertz CT molecular complexity index is 864. The lowest BCUT2D eigenvalue weighted by Gasteiger charge is -2.24. The molecular weight excluding hydrogens is 346 g/mol. The van der Waals surface area contributed by atoms with E-state index in [-0.39, 0.29) is 17.7 Å². The largest absolute Gasteiger partial charge is 0.465 e. The van der Waals surface area contributed by atoms with Gasteiger partial charge < -0.3 is 14.8 Å². The minimum atomic E-state index is -1.01. The highest BCUT2D eigenvalue weighted by Crippen LogP contribution is 2.25. The van der Waals surface area contributed by atoms with Gasteiger partial charge in [-0.2, -0.15) is 0 Å². The number of para-hydroxylation sites is 1. The molecule has 1 heterocycles. The summed E-state index contributed by atoms with van der Waals surface area (Å²) in [5, 5.41) is 3.09. The van der Waals surface area contributed by atoms with E-state index in [1.807, 2.05) is 0 Å². The number of esters is 2. The van der Waals surface area contributed by atoms with E-state index in [2.05, 4.69) is 5.32 Å². The molecule has 1 amide bonds. The normalized spacial score (nSPS) is 15.8. The van der Waals surface area contributed by atoms with Gasteiger partial charge in [-0.05, 0) is 35.9 Å². The summed E-state index contributed by atoms with van der Waals surface area (Å²) >= 11 is 5.95. The van der Waals surface area contributed by atoms with E-state index in [0.29, 0.717) is 16.1 Å². The van der Waals surface area contributed by atoms with Gasteiger partial charge in [-0.1, -0.05) is 23.7 Å². The Kier molecular flexibility index (Phi) is 4.72. The van der Waals surface area contributed by atoms with Crippen LogP contribution in [0.3, 0.4) is 0 Å². The number of carbonyl (C=O) groups excluding carboxylic acids is 3. The zero-order chi connectivity index (χ0) is 18.0. The van der Waals surface area contributed by atoms with Gasteiger partial charge in [0.15, 0.2) is 6.10 Å². The van der Waals surface area contributed by atoms with Gasteiger partial charge in [0.05, 0.1) is 23.9 Å². The van der Waals surface area contributed by atoms with E-state index in [1.165, 1.54) is 13.2 Å². The van der Waals surface area contributed by atoms with Crippen molar-refractivity contribution in [2.75, 3.05) is 12.4 Å². The van der Waals surface area contributed by atoms with Gasteiger partial charge >= 0.3 is 11.9 Å². The van der Waals surface area contributed by atoms with E-state index in [1.54, 1.807) is 36.4 Å². The fourth-order valence-corrected chi connectivity index (χ4v) is 2.80. The molecule has 2 aromatic carbocycles. The average molecular weight is 360 g/mol. The number of halogens is 1. The molecule has 1 aliphatic heterocycles. The van der Waals surface area contributed by atoms with Gasteiger partial charge in [-0.3, -0.25) is 4.79 Å². The zero-order valence-electron chi connectivity index (χ0n) is 13.2. The maximum atomic E-state index is 12.5. The van der Waals surface area contributed by atoms with Crippen LogP contribution in [0.25, 0.3) is 0 Å². The van der Waals surface area contributed by atoms with Gasteiger partial charge in [-0.25, -0.2) is 9.59 Å². The summed E-state index contributed by atoms with van der Waals surface area (Å²) < 4.78 is 9.89. The number of benzene rings is 2. The second-order valence-corrected chi connectivity index (χ2v) is 5.86. The van der Waals surface area contributed by atoms with Crippen LogP contribution in [0, 0.1) is 0 Å². The number of cyclic esters (lactones) is 1. The highest BCUT2D eigenvalue weighted by Gasteiger charge is 2.32. The van der Waals surface area contributed by atoms with Crippen LogP contribution in [-0.2, 0) is 20.7 Å². The number of carbonyl (C=O) groups is 3. The topological polar surface area (TPSA) is 81.7 Å². The molecule has 2 aromatic rings. The third kappa shape index (κ3) is 3.49. The molecule has 0 bridgehead atoms. The van der Waals surface area contributed by atoms with Crippen molar-refractivity contribution in [2.24, 2.45) is 0 Å². The van der Waals surface area contributed by atoms with E-state index in [0.717, 1.165) is 0 Å². The number of fused-ring (bicyclic) bond motifs is 1. The third-order valence-electron chi connectivity index (χ3n) is 3.82. The molecule has 3 rings (SSSR count). The molecule has 0 spiro atoms. The van der Waals surface area contributed by atoms with E-state index >= 15 is 0 Å². The minimum absolute atomic E-state index is 0.202. The predicted molar refractivity (Wildman–Crippen MR) is 90.8 cm³/mol. The van der Waals surface area contributed by atoms with Crippen molar-refractivity contribution in [1.29, 1.82) is 0 Å². The molecule has 0 unspecified atom stereocenters. The molecule has 1 atom stereocenters. The third-order valence-corrected chi connectivity index (χ3v) is 4.06. The van der Waals surface area contributed by atoms with Crippen LogP contribution in [0.15, 0.2) is 42.5 Å². The maximum Gasteiger partial charge on any atom is 0.339 e. The van der Waals surface area contributed by atoms with Crippen molar-refractivity contribution in [3.05, 3.63) is 64.2 Å². The number of ether oxygens (including phenoxy) is 2. The summed E-state index contributed by atoms with van der Waals surface area (Å²) in [7, 11) is 1.25. The van der Waals surface area contributed by atoms with E-state index in [9.17, 15) is 14.4 Å². The highest BCUT2D eigenvalue weighted by atomic mass is 35.5. The summed E-state index contributed by atoms with van der Waals surface area (Å²) in [6.07, 6.45) is -0.808. The van der Waals surface area contributed by atoms with Crippen molar-refractivity contribution >= 4 is 35.1 Å². The lowest BCUT2D eigenvalue weighted by atomic mass is 9.98. The Labute approximate surface area is 148 Å². The van der Waals surface area contributed by atoms with Gasteiger partial charge in [0, 0.05) is 11.4 Å². The van der Waals surface area contributed by atoms with E-state index in [4.69, 9.17) is 21.1 Å². The number of amides is 1. The zero-order valence-corrected chi connectivity index (χ0v) is 14.0. The molecule has 0 fully saturated rings. The number of rotatable bonds is 3. The SMILES string of the molecule is COC(=O)c1ccccc1NC(=O)[C@H]1Cc2cc(Cl)ccc2C(=O)O1. The summed E-state index contributed by atoms with van der Waals surface area (Å²) in [6, 6.07) is 11.2. The number of anilines is 1. The number of hydrogen-bond acceptors (Lipinski definition) is 5. The minimum Gasteiger partial charge on any atom is -0.465 e. The molecule has 0 aliphatic carbocycles. The molecule has 25 heavy (non-hydrogen) atoms. The van der Waals surface area contributed by atoms with Crippen molar-refractivity contribution in [3.8, 4) is 0 Å². The maximum absolute atomic E-state index is 12.5. The van der Waals surface area contributed by atoms with Crippen molar-refractivity contribution < 1.29 is 23.9 Å². The first-order valence-corrected chi connectivity index (χ1v) is 7.85. The first-order chi connectivity index (χ1) is 12.0. The van der Waals surface area contributed by atoms with Gasteiger partial charge in [-0.15, -0.1) is 0 Å². The van der Waals surface area contributed by atoms with Gasteiger partial charge in [0.1, 0.15) is 0 Å². The summed E-state index contributed by atoms with van der Waals surface area (Å²) in [6.45, 7) is 0. The molecule has 7 heteroatoms. The summed E-state index contributed by atoms with van der Waals surface area (Å²) in [5.74, 6) is -1.69. The quantitative estimate of drug-likeness (QED) is 0.852. The molecule has 0 radical (unpaired) electrons. The van der Waals surface area contributed by atoms with Crippen LogP contribution in [0.1, 0.15) is 26.3 Å². The lowest BCUT2D eigenvalue weighted by Crippen LogP contribution is -2.38. The molecule has 1 N–H and O–H groups in total. The van der Waals surface area contributed by atoms with Gasteiger partial charge in [0.25, 0.3) is 5.91 Å². The number of nitrogens with one attached hydrogen (secondary N) is 1. The average Bonchev–Trinajstić information content (AvgIpc) is 2.61. The molecule has 6 nitrogen and oxygen atoms in total. The summed E-state index contributed by atoms with van der Waals surface area (Å²) in [5.41, 5.74) is 1.53. The smallest absolute Gasteiger partial charge is 0.339 e. The molecule has 0 saturated heterocycles. The Morgan fingerprint density at radius 2 is 2.00 bits per heavy atom. The number of methoxy groups -OCH3 is 1. The Balaban J connectivity index is 1.81. The van der Waals surface area contributed by atoms with Gasteiger partial charge in [0.2, 0.25) is 0 Å². The van der Waals surface area contributed by atoms with Crippen LogP contribution in [-0.4, -0.2) is 31.1 Å². The number of hydrogen-bond donors (Lipinski definition) is 1. The standard InChI is InChI=1S/C18H14ClNO5/c1-24-17(22)13-4-2-3-5-14(13)20-16(21)15-9-10-8-11(19)6-7-12(10)18(23)25-15/h2-8,15H,9H2,1H3,(H,20,21)/t15-/m1/s1. The molecular formula is C18H14ClNO5. The lowest BCUT2D eigenvalue weighted by molar-refractivity contribution is -0.125. The second kappa shape index (κ2) is 6.94. The fourth-order valence-electron chi connectivity index (χ4n) is 2.60. The van der Waals surface area contributed by atoms with Crippen LogP contribution in [0.5, 0.6) is 0 Å². The highest BCUT2D eigenvalue weighted by molar-refractivity contribution is 6.30. The molecule has 0 saturated carbocycles. The van der Waals surface area contributed by atoms with Crippen LogP contribution in [0.4, 0.5) is 5.69 Å². The Morgan fingerprint density at radius 3 is 2.76 bits per heavy atom. The Hall–Kier alpha value is -2.86. The fraction of sp³-hybridized carbons (Fsp3) is 0.167. The first kappa shape index (κ1) is 17.0. The van der Waals surface area contributed by atoms with E-state index < -0.39 is 23.9 Å². The molecule has 128 valence electrons. The first-order valence-electron chi connectivity index (χ1n) is 7.47. The monoisotopic (exact) mass is 359 g/mol. The summed E-state index contributed by atoms with van der Waals surface area (Å²) in [4.78, 5) is 36.3. The molecule has 1 aliphatic rings. The Morgan fingerprint density at radius 1 is 1.24 bits per heavy atom. The van der Waals surface area contributed by atoms with Crippen LogP contribution >= 0.6 is 11.6 Å². The van der Waals surface area contributed by atoms with Crippen LogP contribution < -0.4 is 5.32 Å². The van der Waals surface area contributed by atoms with Crippen molar-refractivity contribution in [1.82, 2.24) is 0 Å². The predicted octanol–water partition coefficient (Wildman–Crippen LogP) is 2.85. The van der Waals surface area contributed by atoms with Crippen molar-refractivity contribution in [2.45, 2.75) is 12.5 Å². The van der Waals surface area contributed by atoms with Crippen molar-refractivity contribution in [3.63, 3.8) is 0 Å². The molecule has 0 aromatic heterocycles. The second-order valence-electron chi connectivity index (χ2n) is 5.43.